The standard InChI is InChI=1S/C10H7Cl.Mg.2H/c11-10-7-3-5-8-4-1-2-6-9(8)10;;;/h1-7H;;;/q;+2;2*-1. The summed E-state index contributed by atoms with van der Waals surface area (Å²) in [4.78, 5) is 0. The Hall–Kier alpha value is -0.244. The van der Waals surface area contributed by atoms with E-state index in [1.807, 2.05) is 30.3 Å². The zero-order valence-electron chi connectivity index (χ0n) is 8.63. The second kappa shape index (κ2) is 4.12. The second-order valence-electron chi connectivity index (χ2n) is 2.46. The third-order valence-electron chi connectivity index (χ3n) is 1.74. The molecule has 0 aromatic heterocycles. The van der Waals surface area contributed by atoms with Crippen molar-refractivity contribution in [3.05, 3.63) is 47.5 Å². The van der Waals surface area contributed by atoms with Gasteiger partial charge in [-0.05, 0) is 11.5 Å². The Kier molecular flexibility index (Phi) is 3.38. The predicted molar refractivity (Wildman–Crippen MR) is 56.9 cm³/mol. The molecule has 2 rings (SSSR count). The van der Waals surface area contributed by atoms with E-state index in [1.54, 1.807) is 0 Å². The SMILES string of the molecule is Clc1cccc2ccccc12.[H-].[H-].[Mg+2]. The molecule has 0 spiro atoms. The van der Waals surface area contributed by atoms with E-state index < -0.39 is 0 Å². The number of hydrogen-bond donors (Lipinski definition) is 0. The van der Waals surface area contributed by atoms with Gasteiger partial charge in [-0.25, -0.2) is 0 Å². The minimum atomic E-state index is 0. The predicted octanol–water partition coefficient (Wildman–Crippen LogP) is 3.34. The van der Waals surface area contributed by atoms with Gasteiger partial charge >= 0.3 is 23.1 Å². The van der Waals surface area contributed by atoms with E-state index in [-0.39, 0.29) is 25.9 Å². The van der Waals surface area contributed by atoms with Crippen molar-refractivity contribution >= 4 is 45.4 Å². The van der Waals surface area contributed by atoms with Crippen LogP contribution in [0, 0.1) is 0 Å². The molecule has 0 heterocycles. The molecule has 58 valence electrons. The molecule has 0 unspecified atom stereocenters. The van der Waals surface area contributed by atoms with Gasteiger partial charge in [0.15, 0.2) is 0 Å². The fourth-order valence-electron chi connectivity index (χ4n) is 1.19. The molecular weight excluding hydrogens is 180 g/mol. The molecule has 2 heteroatoms. The number of benzene rings is 2. The summed E-state index contributed by atoms with van der Waals surface area (Å²) < 4.78 is 0. The van der Waals surface area contributed by atoms with Crippen LogP contribution in [0.25, 0.3) is 10.8 Å². The number of fused-ring (bicyclic) bond motifs is 1. The third kappa shape index (κ3) is 1.74. The molecule has 0 aliphatic carbocycles. The van der Waals surface area contributed by atoms with Crippen LogP contribution >= 0.6 is 11.6 Å². The zero-order valence-corrected chi connectivity index (χ0v) is 8.80. The molecule has 0 saturated carbocycles. The molecule has 0 fully saturated rings. The largest absolute Gasteiger partial charge is 2.00 e. The Labute approximate surface area is 95.7 Å². The fourth-order valence-corrected chi connectivity index (χ4v) is 1.43. The average Bonchev–Trinajstić information content (AvgIpc) is 2.06. The average molecular weight is 189 g/mol. The molecule has 0 amide bonds. The maximum absolute atomic E-state index is 5.96. The van der Waals surface area contributed by atoms with Crippen molar-refractivity contribution in [1.29, 1.82) is 0 Å². The molecule has 0 N–H and O–H groups in total. The normalized spacial score (nSPS) is 9.42. The van der Waals surface area contributed by atoms with E-state index in [0.29, 0.717) is 0 Å². The molecule has 0 saturated heterocycles. The van der Waals surface area contributed by atoms with Gasteiger partial charge in [0.2, 0.25) is 0 Å². The molecule has 2 aromatic rings. The summed E-state index contributed by atoms with van der Waals surface area (Å²) in [5, 5.41) is 3.14. The fraction of sp³-hybridized carbons (Fsp3) is 0. The van der Waals surface area contributed by atoms with Crippen LogP contribution < -0.4 is 0 Å². The van der Waals surface area contributed by atoms with Crippen LogP contribution in [0.2, 0.25) is 5.02 Å². The summed E-state index contributed by atoms with van der Waals surface area (Å²) in [6.45, 7) is 0. The van der Waals surface area contributed by atoms with E-state index in [0.717, 1.165) is 10.4 Å². The molecule has 2 aromatic carbocycles. The first-order valence-electron chi connectivity index (χ1n) is 3.51. The molecule has 0 bridgehead atoms. The molecule has 0 nitrogen and oxygen atoms in total. The van der Waals surface area contributed by atoms with E-state index in [9.17, 15) is 0 Å². The summed E-state index contributed by atoms with van der Waals surface area (Å²) in [6, 6.07) is 14.0. The monoisotopic (exact) mass is 188 g/mol. The van der Waals surface area contributed by atoms with E-state index in [1.165, 1.54) is 5.39 Å². The Balaban J connectivity index is 0. The topological polar surface area (TPSA) is 0 Å². The van der Waals surface area contributed by atoms with Crippen molar-refractivity contribution in [3.63, 3.8) is 0 Å². The van der Waals surface area contributed by atoms with Crippen molar-refractivity contribution < 1.29 is 2.85 Å². The first kappa shape index (κ1) is 9.84. The molecule has 0 radical (unpaired) electrons. The third-order valence-corrected chi connectivity index (χ3v) is 2.07. The number of hydrogen-bond acceptors (Lipinski definition) is 0. The van der Waals surface area contributed by atoms with Crippen LogP contribution in [-0.2, 0) is 0 Å². The van der Waals surface area contributed by atoms with Crippen molar-refractivity contribution in [3.8, 4) is 0 Å². The van der Waals surface area contributed by atoms with Crippen molar-refractivity contribution in [1.82, 2.24) is 0 Å². The maximum Gasteiger partial charge on any atom is 2.00 e. The van der Waals surface area contributed by atoms with E-state index >= 15 is 0 Å². The van der Waals surface area contributed by atoms with Crippen LogP contribution in [0.4, 0.5) is 0 Å². The van der Waals surface area contributed by atoms with Crippen LogP contribution in [0.1, 0.15) is 2.85 Å². The second-order valence-corrected chi connectivity index (χ2v) is 2.87. The van der Waals surface area contributed by atoms with Gasteiger partial charge in [0.05, 0.1) is 0 Å². The maximum atomic E-state index is 5.96. The van der Waals surface area contributed by atoms with Crippen molar-refractivity contribution in [2.24, 2.45) is 0 Å². The minimum Gasteiger partial charge on any atom is -1.00 e. The van der Waals surface area contributed by atoms with Gasteiger partial charge in [-0.3, -0.25) is 0 Å². The molecule has 0 aliphatic rings. The Bertz CT molecular complexity index is 387. The first-order valence-corrected chi connectivity index (χ1v) is 3.89. The van der Waals surface area contributed by atoms with Crippen LogP contribution in [0.15, 0.2) is 42.5 Å². The van der Waals surface area contributed by atoms with E-state index in [2.05, 4.69) is 12.1 Å². The quantitative estimate of drug-likeness (QED) is 0.557. The Morgan fingerprint density at radius 2 is 1.58 bits per heavy atom. The van der Waals surface area contributed by atoms with Crippen LogP contribution in [0.5, 0.6) is 0 Å². The van der Waals surface area contributed by atoms with Gasteiger partial charge in [-0.2, -0.15) is 0 Å². The van der Waals surface area contributed by atoms with Crippen molar-refractivity contribution in [2.75, 3.05) is 0 Å². The van der Waals surface area contributed by atoms with Gasteiger partial charge < -0.3 is 2.85 Å². The molecule has 12 heavy (non-hydrogen) atoms. The summed E-state index contributed by atoms with van der Waals surface area (Å²) in [6.07, 6.45) is 0. The first-order chi connectivity index (χ1) is 5.38. The van der Waals surface area contributed by atoms with Crippen LogP contribution in [0.3, 0.4) is 0 Å². The summed E-state index contributed by atoms with van der Waals surface area (Å²) in [7, 11) is 0. The minimum absolute atomic E-state index is 0. The molecule has 0 aliphatic heterocycles. The summed E-state index contributed by atoms with van der Waals surface area (Å²) >= 11 is 5.96. The summed E-state index contributed by atoms with van der Waals surface area (Å²) in [5.41, 5.74) is 0. The van der Waals surface area contributed by atoms with Crippen LogP contribution in [-0.4, -0.2) is 23.1 Å². The van der Waals surface area contributed by atoms with E-state index in [4.69, 9.17) is 11.6 Å². The Morgan fingerprint density at radius 3 is 2.33 bits per heavy atom. The number of halogens is 1. The van der Waals surface area contributed by atoms with Gasteiger partial charge in [0, 0.05) is 10.4 Å². The summed E-state index contributed by atoms with van der Waals surface area (Å²) in [5.74, 6) is 0. The van der Waals surface area contributed by atoms with Gasteiger partial charge in [-0.15, -0.1) is 0 Å². The molecular formula is C10H9ClMg. The van der Waals surface area contributed by atoms with Gasteiger partial charge in [0.1, 0.15) is 0 Å². The van der Waals surface area contributed by atoms with Gasteiger partial charge in [-0.1, -0.05) is 48.0 Å². The van der Waals surface area contributed by atoms with Gasteiger partial charge in [0.25, 0.3) is 0 Å². The Morgan fingerprint density at radius 1 is 0.917 bits per heavy atom. The smallest absolute Gasteiger partial charge is 1.00 e. The number of rotatable bonds is 0. The zero-order chi connectivity index (χ0) is 7.68. The van der Waals surface area contributed by atoms with Crippen molar-refractivity contribution in [2.45, 2.75) is 0 Å². The molecule has 0 atom stereocenters.